The van der Waals surface area contributed by atoms with Gasteiger partial charge in [-0.3, -0.25) is 9.59 Å². The van der Waals surface area contributed by atoms with E-state index in [9.17, 15) is 9.59 Å². The predicted octanol–water partition coefficient (Wildman–Crippen LogP) is 5.41. The first kappa shape index (κ1) is 26.6. The lowest BCUT2D eigenvalue weighted by atomic mass is 9.93. The molecule has 2 aromatic heterocycles. The van der Waals surface area contributed by atoms with E-state index < -0.39 is 5.82 Å². The highest BCUT2D eigenvalue weighted by molar-refractivity contribution is 5.96. The van der Waals surface area contributed by atoms with Gasteiger partial charge in [0.1, 0.15) is 22.9 Å². The number of imidazole rings is 1. The van der Waals surface area contributed by atoms with Gasteiger partial charge in [0.25, 0.3) is 5.91 Å². The van der Waals surface area contributed by atoms with Gasteiger partial charge in [-0.15, -0.1) is 0 Å². The Balaban J connectivity index is 1.22. The Kier molecular flexibility index (Phi) is 6.48. The second-order valence-electron chi connectivity index (χ2n) is 11.8. The minimum absolute atomic E-state index is 0.0439. The normalized spacial score (nSPS) is 20.2. The summed E-state index contributed by atoms with van der Waals surface area (Å²) in [6, 6.07) is 15.3. The maximum Gasteiger partial charge on any atom is 0.310 e. The number of halogens is 1. The minimum Gasteiger partial charge on any atom is -0.469 e. The zero-order valence-corrected chi connectivity index (χ0v) is 24.1. The van der Waals surface area contributed by atoms with Gasteiger partial charge in [-0.1, -0.05) is 24.3 Å². The number of fused-ring (bicyclic) bond motifs is 2. The molecule has 0 radical (unpaired) electrons. The van der Waals surface area contributed by atoms with Gasteiger partial charge in [0.2, 0.25) is 0 Å². The summed E-state index contributed by atoms with van der Waals surface area (Å²) < 4.78 is 22.3. The Morgan fingerprint density at radius 3 is 2.57 bits per heavy atom. The standard InChI is InChI=1S/C33H34FN5O3/c1-19-24-7-5-4-6-20(24)13-15-39(19)32(40)28-17-26(21-8-9-21)29-31(35-28)37(2)30(36-29)25-11-10-23(16-27(25)34)38-14-12-22(18-38)33(41)42-3/h4-7,10-11,16-17,19,21-22H,8-9,12-15,18H2,1-3H3/t19-,22+/m1/s1. The first-order valence-electron chi connectivity index (χ1n) is 14.7. The molecule has 7 rings (SSSR count). The summed E-state index contributed by atoms with van der Waals surface area (Å²) in [5.41, 5.74) is 6.31. The molecule has 42 heavy (non-hydrogen) atoms. The molecule has 4 aromatic rings. The van der Waals surface area contributed by atoms with Gasteiger partial charge in [-0.05, 0) is 79.5 Å². The number of carbonyl (C=O) groups excluding carboxylic acids is 2. The number of benzene rings is 2. The molecule has 1 aliphatic carbocycles. The van der Waals surface area contributed by atoms with Gasteiger partial charge in [0.15, 0.2) is 5.65 Å². The van der Waals surface area contributed by atoms with Crippen molar-refractivity contribution in [2.45, 2.75) is 44.6 Å². The van der Waals surface area contributed by atoms with E-state index in [0.717, 1.165) is 36.0 Å². The molecule has 1 saturated carbocycles. The van der Waals surface area contributed by atoms with Crippen LogP contribution in [-0.2, 0) is 23.0 Å². The predicted molar refractivity (Wildman–Crippen MR) is 158 cm³/mol. The summed E-state index contributed by atoms with van der Waals surface area (Å²) in [5.74, 6) is -0.112. The lowest BCUT2D eigenvalue weighted by Crippen LogP contribution is -2.39. The van der Waals surface area contributed by atoms with E-state index in [2.05, 4.69) is 19.1 Å². The average Bonchev–Trinajstić information content (AvgIpc) is 3.64. The number of amides is 1. The van der Waals surface area contributed by atoms with Gasteiger partial charge in [0, 0.05) is 32.4 Å². The highest BCUT2D eigenvalue weighted by atomic mass is 19.1. The number of hydrogen-bond donors (Lipinski definition) is 0. The van der Waals surface area contributed by atoms with Crippen molar-refractivity contribution in [2.75, 3.05) is 31.6 Å². The first-order valence-corrected chi connectivity index (χ1v) is 14.7. The minimum atomic E-state index is -0.391. The van der Waals surface area contributed by atoms with Crippen LogP contribution in [0.4, 0.5) is 10.1 Å². The highest BCUT2D eigenvalue weighted by Gasteiger charge is 2.34. The Hall–Kier alpha value is -4.27. The van der Waals surface area contributed by atoms with Crippen LogP contribution in [-0.4, -0.2) is 58.1 Å². The van der Waals surface area contributed by atoms with Crippen LogP contribution in [0, 0.1) is 11.7 Å². The molecule has 0 N–H and O–H groups in total. The monoisotopic (exact) mass is 567 g/mol. The molecule has 2 aliphatic heterocycles. The lowest BCUT2D eigenvalue weighted by Gasteiger charge is -2.35. The number of aromatic nitrogens is 3. The van der Waals surface area contributed by atoms with Crippen LogP contribution in [0.2, 0.25) is 0 Å². The van der Waals surface area contributed by atoms with Crippen molar-refractivity contribution in [3.63, 3.8) is 0 Å². The van der Waals surface area contributed by atoms with Crippen LogP contribution < -0.4 is 4.90 Å². The summed E-state index contributed by atoms with van der Waals surface area (Å²) in [5, 5.41) is 0. The van der Waals surface area contributed by atoms with E-state index in [1.54, 1.807) is 10.6 Å². The number of hydrogen-bond acceptors (Lipinski definition) is 6. The van der Waals surface area contributed by atoms with Crippen molar-refractivity contribution in [1.82, 2.24) is 19.4 Å². The molecule has 0 bridgehead atoms. The summed E-state index contributed by atoms with van der Waals surface area (Å²) in [6.45, 7) is 3.88. The largest absolute Gasteiger partial charge is 0.469 e. The molecule has 0 unspecified atom stereocenters. The van der Waals surface area contributed by atoms with Crippen molar-refractivity contribution in [2.24, 2.45) is 13.0 Å². The average molecular weight is 568 g/mol. The molecule has 2 fully saturated rings. The summed E-state index contributed by atoms with van der Waals surface area (Å²) in [4.78, 5) is 39.5. The maximum absolute atomic E-state index is 15.7. The number of esters is 1. The number of ether oxygens (including phenoxy) is 1. The topological polar surface area (TPSA) is 80.6 Å². The molecule has 2 atom stereocenters. The fourth-order valence-corrected chi connectivity index (χ4v) is 6.66. The maximum atomic E-state index is 15.7. The molecule has 216 valence electrons. The summed E-state index contributed by atoms with van der Waals surface area (Å²) in [7, 11) is 3.23. The van der Waals surface area contributed by atoms with E-state index in [4.69, 9.17) is 14.7 Å². The van der Waals surface area contributed by atoms with E-state index in [1.165, 1.54) is 24.3 Å². The van der Waals surface area contributed by atoms with Gasteiger partial charge in [0.05, 0.1) is 24.6 Å². The fourth-order valence-electron chi connectivity index (χ4n) is 6.66. The van der Waals surface area contributed by atoms with Crippen molar-refractivity contribution in [3.8, 4) is 11.4 Å². The van der Waals surface area contributed by atoms with Crippen molar-refractivity contribution < 1.29 is 18.7 Å². The quantitative estimate of drug-likeness (QED) is 0.300. The van der Waals surface area contributed by atoms with E-state index >= 15 is 4.39 Å². The van der Waals surface area contributed by atoms with Crippen molar-refractivity contribution in [3.05, 3.63) is 76.7 Å². The molecule has 0 spiro atoms. The summed E-state index contributed by atoms with van der Waals surface area (Å²) in [6.07, 6.45) is 3.57. The van der Waals surface area contributed by atoms with Gasteiger partial charge in [-0.2, -0.15) is 0 Å². The molecule has 1 saturated heterocycles. The number of aryl methyl sites for hydroxylation is 1. The Labute approximate surface area is 244 Å². The van der Waals surface area contributed by atoms with Crippen LogP contribution >= 0.6 is 0 Å². The van der Waals surface area contributed by atoms with Gasteiger partial charge >= 0.3 is 5.97 Å². The fraction of sp³-hybridized carbons (Fsp3) is 0.394. The number of nitrogens with zero attached hydrogens (tertiary/aromatic N) is 5. The van der Waals surface area contributed by atoms with Crippen LogP contribution in [0.5, 0.6) is 0 Å². The van der Waals surface area contributed by atoms with Gasteiger partial charge < -0.3 is 19.1 Å². The second kappa shape index (κ2) is 10.2. The van der Waals surface area contributed by atoms with E-state index in [-0.39, 0.29) is 23.8 Å². The number of carbonyl (C=O) groups is 2. The molecule has 1 amide bonds. The Morgan fingerprint density at radius 1 is 1.00 bits per heavy atom. The highest BCUT2D eigenvalue weighted by Crippen LogP contribution is 2.44. The zero-order valence-electron chi connectivity index (χ0n) is 24.1. The number of rotatable bonds is 5. The Morgan fingerprint density at radius 2 is 1.81 bits per heavy atom. The third-order valence-electron chi connectivity index (χ3n) is 9.23. The SMILES string of the molecule is COC(=O)[C@H]1CCN(c2ccc(-c3nc4c(C5CC5)cc(C(=O)N5CCc6ccccc6[C@H]5C)nc4n3C)c(F)c2)C1. The van der Waals surface area contributed by atoms with E-state index in [1.807, 2.05) is 41.1 Å². The third-order valence-corrected chi connectivity index (χ3v) is 9.23. The number of anilines is 1. The zero-order chi connectivity index (χ0) is 29.1. The van der Waals surface area contributed by atoms with Crippen molar-refractivity contribution in [1.29, 1.82) is 0 Å². The second-order valence-corrected chi connectivity index (χ2v) is 11.8. The smallest absolute Gasteiger partial charge is 0.310 e. The molecule has 8 nitrogen and oxygen atoms in total. The van der Waals surface area contributed by atoms with Crippen molar-refractivity contribution >= 4 is 28.7 Å². The third kappa shape index (κ3) is 4.42. The molecule has 4 heterocycles. The summed E-state index contributed by atoms with van der Waals surface area (Å²) >= 11 is 0. The van der Waals surface area contributed by atoms with Crippen LogP contribution in [0.15, 0.2) is 48.5 Å². The number of pyridine rings is 1. The molecule has 9 heteroatoms. The molecule has 3 aliphatic rings. The first-order chi connectivity index (χ1) is 20.3. The lowest BCUT2D eigenvalue weighted by molar-refractivity contribution is -0.144. The van der Waals surface area contributed by atoms with Crippen LogP contribution in [0.3, 0.4) is 0 Å². The van der Waals surface area contributed by atoms with Crippen LogP contribution in [0.25, 0.3) is 22.6 Å². The molecule has 2 aromatic carbocycles. The van der Waals surface area contributed by atoms with Gasteiger partial charge in [-0.25, -0.2) is 14.4 Å². The van der Waals surface area contributed by atoms with E-state index in [0.29, 0.717) is 54.7 Å². The van der Waals surface area contributed by atoms with Crippen LogP contribution in [0.1, 0.15) is 65.3 Å². The Bertz CT molecular complexity index is 1730. The molecular formula is C33H34FN5O3. The number of methoxy groups -OCH3 is 1. The molecular weight excluding hydrogens is 533 g/mol.